The van der Waals surface area contributed by atoms with Crippen molar-refractivity contribution in [3.8, 4) is 0 Å². The van der Waals surface area contributed by atoms with Gasteiger partial charge in [-0.15, -0.1) is 0 Å². The van der Waals surface area contributed by atoms with Crippen molar-refractivity contribution in [3.63, 3.8) is 0 Å². The summed E-state index contributed by atoms with van der Waals surface area (Å²) >= 11 is 0. The summed E-state index contributed by atoms with van der Waals surface area (Å²) in [4.78, 5) is 24.7. The number of amides is 1. The van der Waals surface area contributed by atoms with E-state index in [2.05, 4.69) is 29.5 Å². The zero-order valence-corrected chi connectivity index (χ0v) is 18.4. The highest BCUT2D eigenvalue weighted by Crippen LogP contribution is 2.38. The summed E-state index contributed by atoms with van der Waals surface area (Å²) in [7, 11) is 0. The molecule has 1 amide bonds. The van der Waals surface area contributed by atoms with Gasteiger partial charge in [0.1, 0.15) is 5.82 Å². The first-order valence-corrected chi connectivity index (χ1v) is 11.1. The van der Waals surface area contributed by atoms with Crippen LogP contribution in [-0.4, -0.2) is 20.4 Å². The quantitative estimate of drug-likeness (QED) is 0.382. The van der Waals surface area contributed by atoms with Crippen LogP contribution in [0.25, 0.3) is 22.7 Å². The Kier molecular flexibility index (Phi) is 5.31. The standard InChI is InChI=1S/C27H26N4O/c1-19(2)14-16-30-25-13-6-4-11-23(25)29-26(30)18-31-24-12-5-3-10-21(24)22(27(31)32)17-20-9-7-8-15-28-20/h3-13,15,17,19H,14,16,18H2,1-2H3/b22-17-. The number of carbonyl (C=O) groups is 1. The molecule has 0 N–H and O–H groups in total. The second-order valence-electron chi connectivity index (χ2n) is 8.57. The van der Waals surface area contributed by atoms with Crippen LogP contribution in [0.15, 0.2) is 72.9 Å². The average Bonchev–Trinajstić information content (AvgIpc) is 3.29. The van der Waals surface area contributed by atoms with Crippen LogP contribution < -0.4 is 4.90 Å². The number of hydrogen-bond donors (Lipinski definition) is 0. The molecule has 0 saturated carbocycles. The van der Waals surface area contributed by atoms with Crippen LogP contribution in [0.3, 0.4) is 0 Å². The lowest BCUT2D eigenvalue weighted by atomic mass is 10.1. The molecule has 0 saturated heterocycles. The minimum Gasteiger partial charge on any atom is -0.326 e. The maximum Gasteiger partial charge on any atom is 0.259 e. The third-order valence-corrected chi connectivity index (χ3v) is 5.90. The van der Waals surface area contributed by atoms with Gasteiger partial charge in [-0.05, 0) is 48.7 Å². The summed E-state index contributed by atoms with van der Waals surface area (Å²) in [5, 5.41) is 0. The van der Waals surface area contributed by atoms with Gasteiger partial charge in [0.05, 0.1) is 34.5 Å². The largest absolute Gasteiger partial charge is 0.326 e. The molecule has 4 aromatic rings. The normalized spacial score (nSPS) is 14.7. The fourth-order valence-electron chi connectivity index (χ4n) is 4.24. The summed E-state index contributed by atoms with van der Waals surface area (Å²) in [6.07, 6.45) is 4.68. The molecule has 2 aromatic carbocycles. The van der Waals surface area contributed by atoms with Gasteiger partial charge in [-0.2, -0.15) is 0 Å². The molecule has 0 atom stereocenters. The van der Waals surface area contributed by atoms with Crippen molar-refractivity contribution in [2.24, 2.45) is 5.92 Å². The van der Waals surface area contributed by atoms with Crippen LogP contribution in [0.2, 0.25) is 0 Å². The first-order chi connectivity index (χ1) is 15.6. The first-order valence-electron chi connectivity index (χ1n) is 11.1. The Hall–Kier alpha value is -3.73. The minimum atomic E-state index is -0.0145. The number of benzene rings is 2. The average molecular weight is 423 g/mol. The summed E-state index contributed by atoms with van der Waals surface area (Å²) in [5.74, 6) is 1.49. The molecule has 32 heavy (non-hydrogen) atoms. The highest BCUT2D eigenvalue weighted by molar-refractivity contribution is 6.35. The lowest BCUT2D eigenvalue weighted by Crippen LogP contribution is -2.27. The van der Waals surface area contributed by atoms with Crippen LogP contribution in [0, 0.1) is 5.92 Å². The summed E-state index contributed by atoms with van der Waals surface area (Å²) in [6.45, 7) is 5.78. The number of hydrogen-bond acceptors (Lipinski definition) is 3. The van der Waals surface area contributed by atoms with E-state index in [-0.39, 0.29) is 5.91 Å². The van der Waals surface area contributed by atoms with Gasteiger partial charge in [-0.25, -0.2) is 4.98 Å². The van der Waals surface area contributed by atoms with Crippen molar-refractivity contribution < 1.29 is 4.79 Å². The molecule has 0 aliphatic carbocycles. The van der Waals surface area contributed by atoms with Gasteiger partial charge >= 0.3 is 0 Å². The van der Waals surface area contributed by atoms with Crippen molar-refractivity contribution >= 4 is 34.3 Å². The molecule has 2 aromatic heterocycles. The highest BCUT2D eigenvalue weighted by atomic mass is 16.2. The third-order valence-electron chi connectivity index (χ3n) is 5.90. The van der Waals surface area contributed by atoms with Crippen molar-refractivity contribution in [2.45, 2.75) is 33.4 Å². The number of fused-ring (bicyclic) bond motifs is 2. The Morgan fingerprint density at radius 1 is 0.969 bits per heavy atom. The minimum absolute atomic E-state index is 0.0145. The molecule has 5 nitrogen and oxygen atoms in total. The first kappa shape index (κ1) is 20.2. The number of nitrogens with zero attached hydrogens (tertiary/aromatic N) is 4. The SMILES string of the molecule is CC(C)CCn1c(CN2C(=O)/C(=C\c3ccccn3)c3ccccc32)nc2ccccc21. The van der Waals surface area contributed by atoms with Crippen LogP contribution in [0.1, 0.15) is 37.4 Å². The number of pyridine rings is 1. The zero-order valence-electron chi connectivity index (χ0n) is 18.4. The van der Waals surface area contributed by atoms with E-state index in [0.717, 1.165) is 46.8 Å². The molecule has 1 aliphatic heterocycles. The lowest BCUT2D eigenvalue weighted by Gasteiger charge is -2.18. The summed E-state index contributed by atoms with van der Waals surface area (Å²) < 4.78 is 2.27. The third kappa shape index (κ3) is 3.71. The molecule has 160 valence electrons. The number of aryl methyl sites for hydroxylation is 1. The predicted octanol–water partition coefficient (Wildman–Crippen LogP) is 5.56. The van der Waals surface area contributed by atoms with E-state index >= 15 is 0 Å². The number of anilines is 1. The molecule has 0 bridgehead atoms. The molecular formula is C27H26N4O. The molecule has 1 aliphatic rings. The van der Waals surface area contributed by atoms with E-state index in [1.807, 2.05) is 71.6 Å². The number of para-hydroxylation sites is 3. The van der Waals surface area contributed by atoms with E-state index in [1.165, 1.54) is 0 Å². The number of carbonyl (C=O) groups excluding carboxylic acids is 1. The lowest BCUT2D eigenvalue weighted by molar-refractivity contribution is -0.113. The predicted molar refractivity (Wildman–Crippen MR) is 129 cm³/mol. The molecule has 5 rings (SSSR count). The van der Waals surface area contributed by atoms with E-state index in [4.69, 9.17) is 4.98 Å². The second-order valence-corrected chi connectivity index (χ2v) is 8.57. The van der Waals surface area contributed by atoms with Gasteiger partial charge in [0.25, 0.3) is 5.91 Å². The van der Waals surface area contributed by atoms with Gasteiger partial charge in [0.15, 0.2) is 0 Å². The Balaban J connectivity index is 1.55. The fourth-order valence-corrected chi connectivity index (χ4v) is 4.24. The number of rotatable bonds is 6. The van der Waals surface area contributed by atoms with Gasteiger partial charge in [-0.3, -0.25) is 9.78 Å². The van der Waals surface area contributed by atoms with Crippen molar-refractivity contribution in [1.82, 2.24) is 14.5 Å². The number of imidazole rings is 1. The smallest absolute Gasteiger partial charge is 0.259 e. The molecule has 0 fully saturated rings. The molecule has 5 heteroatoms. The molecule has 0 unspecified atom stereocenters. The second kappa shape index (κ2) is 8.42. The van der Waals surface area contributed by atoms with E-state index < -0.39 is 0 Å². The Bertz CT molecular complexity index is 1300. The Labute approximate surface area is 188 Å². The Morgan fingerprint density at radius 2 is 1.75 bits per heavy atom. The molecule has 0 spiro atoms. The van der Waals surface area contributed by atoms with E-state index in [9.17, 15) is 4.79 Å². The molecule has 3 heterocycles. The van der Waals surface area contributed by atoms with E-state index in [0.29, 0.717) is 18.0 Å². The van der Waals surface area contributed by atoms with Crippen LogP contribution in [-0.2, 0) is 17.9 Å². The van der Waals surface area contributed by atoms with Crippen LogP contribution in [0.5, 0.6) is 0 Å². The monoisotopic (exact) mass is 422 g/mol. The fraction of sp³-hybridized carbons (Fsp3) is 0.222. The zero-order chi connectivity index (χ0) is 22.1. The summed E-state index contributed by atoms with van der Waals surface area (Å²) in [6, 6.07) is 21.9. The number of aromatic nitrogens is 3. The molecular weight excluding hydrogens is 396 g/mol. The topological polar surface area (TPSA) is 51.0 Å². The van der Waals surface area contributed by atoms with Gasteiger partial charge in [0, 0.05) is 18.3 Å². The van der Waals surface area contributed by atoms with Crippen LogP contribution in [0.4, 0.5) is 5.69 Å². The van der Waals surface area contributed by atoms with Crippen molar-refractivity contribution in [2.75, 3.05) is 4.90 Å². The highest BCUT2D eigenvalue weighted by Gasteiger charge is 2.33. The molecule has 0 radical (unpaired) electrons. The summed E-state index contributed by atoms with van der Waals surface area (Å²) in [5.41, 5.74) is 5.39. The maximum atomic E-state index is 13.6. The van der Waals surface area contributed by atoms with Gasteiger partial charge in [0.2, 0.25) is 0 Å². The maximum absolute atomic E-state index is 13.6. The van der Waals surface area contributed by atoms with Gasteiger partial charge < -0.3 is 9.47 Å². The van der Waals surface area contributed by atoms with Crippen molar-refractivity contribution in [1.29, 1.82) is 0 Å². The Morgan fingerprint density at radius 3 is 2.56 bits per heavy atom. The van der Waals surface area contributed by atoms with Crippen LogP contribution >= 0.6 is 0 Å². The van der Waals surface area contributed by atoms with Crippen molar-refractivity contribution in [3.05, 3.63) is 90.0 Å². The van der Waals surface area contributed by atoms with Gasteiger partial charge in [-0.1, -0.05) is 50.2 Å². The van der Waals surface area contributed by atoms with E-state index in [1.54, 1.807) is 6.20 Å².